The Labute approximate surface area is 441 Å². The van der Waals surface area contributed by atoms with E-state index in [0.29, 0.717) is 51.4 Å². The zero-order valence-corrected chi connectivity index (χ0v) is 45.4. The van der Waals surface area contributed by atoms with Crippen molar-refractivity contribution in [3.05, 3.63) is 53.6 Å². The minimum Gasteiger partial charge on any atom is -0.458 e. The van der Waals surface area contributed by atoms with Gasteiger partial charge in [-0.05, 0) is 96.6 Å². The number of aliphatic hydroxyl groups is 4. The summed E-state index contributed by atoms with van der Waals surface area (Å²) in [6, 6.07) is 9.46. The van der Waals surface area contributed by atoms with E-state index < -0.39 is 144 Å². The molecule has 4 aliphatic heterocycles. The lowest BCUT2D eigenvalue weighted by molar-refractivity contribution is -0.346. The molecule has 1 aromatic carbocycles. The van der Waals surface area contributed by atoms with Crippen LogP contribution >= 0.6 is 0 Å². The van der Waals surface area contributed by atoms with Gasteiger partial charge in [-0.15, -0.1) is 0 Å². The Hall–Kier alpha value is -2.76. The maximum atomic E-state index is 13.6. The van der Waals surface area contributed by atoms with E-state index in [0.717, 1.165) is 11.1 Å². The molecule has 18 nitrogen and oxygen atoms in total. The van der Waals surface area contributed by atoms with Crippen LogP contribution in [0, 0.1) is 22.7 Å². The van der Waals surface area contributed by atoms with E-state index in [1.807, 2.05) is 58.0 Å². The molecular weight excluding hydrogens is 973 g/mol. The summed E-state index contributed by atoms with van der Waals surface area (Å²) in [5.41, 5.74) is -3.03. The van der Waals surface area contributed by atoms with Crippen LogP contribution in [-0.4, -0.2) is 175 Å². The van der Waals surface area contributed by atoms with Gasteiger partial charge >= 0.3 is 5.97 Å². The van der Waals surface area contributed by atoms with E-state index in [2.05, 4.69) is 13.0 Å². The summed E-state index contributed by atoms with van der Waals surface area (Å²) in [5, 5.41) is 47.6. The molecule has 0 amide bonds. The van der Waals surface area contributed by atoms with E-state index in [-0.39, 0.29) is 31.1 Å². The number of Topliss-reactive ketones (excluding diaryl/α,β-unsaturated/α-hetero) is 1. The van der Waals surface area contributed by atoms with Crippen molar-refractivity contribution < 1.29 is 86.9 Å². The normalized spacial score (nSPS) is 48.1. The number of carbonyl (C=O) groups excluding carboxylic acids is 2. The predicted octanol–water partition coefficient (Wildman–Crippen LogP) is 5.47. The first-order valence-corrected chi connectivity index (χ1v) is 27.4. The first-order chi connectivity index (χ1) is 35.7. The molecule has 4 N–H and O–H groups in total. The van der Waals surface area contributed by atoms with E-state index in [1.165, 1.54) is 20.1 Å². The lowest BCUT2D eigenvalue weighted by atomic mass is 9.43. The van der Waals surface area contributed by atoms with Gasteiger partial charge in [-0.3, -0.25) is 4.79 Å². The monoisotopic (exact) mass is 1060 g/mol. The second-order valence-corrected chi connectivity index (χ2v) is 23.3. The van der Waals surface area contributed by atoms with Gasteiger partial charge in [0.25, 0.3) is 0 Å². The van der Waals surface area contributed by atoms with Crippen LogP contribution in [-0.2, 0) is 66.4 Å². The Bertz CT molecular complexity index is 2180. The second-order valence-electron chi connectivity index (χ2n) is 23.3. The summed E-state index contributed by atoms with van der Waals surface area (Å²) < 4.78 is 75.0. The molecule has 3 saturated carbocycles. The Morgan fingerprint density at radius 3 is 1.81 bits per heavy atom. The van der Waals surface area contributed by atoms with Crippen LogP contribution in [0.3, 0.4) is 0 Å². The molecular formula is C57H84O18. The molecule has 24 atom stereocenters. The Balaban J connectivity index is 0.798. The summed E-state index contributed by atoms with van der Waals surface area (Å²) in [7, 11) is 4.80. The molecule has 0 unspecified atom stereocenters. The Morgan fingerprint density at radius 2 is 1.23 bits per heavy atom. The molecule has 0 radical (unpaired) electrons. The van der Waals surface area contributed by atoms with Crippen molar-refractivity contribution in [1.82, 2.24) is 0 Å². The van der Waals surface area contributed by atoms with E-state index in [9.17, 15) is 30.0 Å². The van der Waals surface area contributed by atoms with Crippen molar-refractivity contribution in [2.45, 2.75) is 241 Å². The molecule has 7 fully saturated rings. The summed E-state index contributed by atoms with van der Waals surface area (Å²) in [4.78, 5) is 26.9. The zero-order valence-electron chi connectivity index (χ0n) is 45.4. The number of benzene rings is 1. The van der Waals surface area contributed by atoms with Crippen LogP contribution in [0.5, 0.6) is 0 Å². The Kier molecular flexibility index (Phi) is 17.3. The third-order valence-corrected chi connectivity index (χ3v) is 19.1. The summed E-state index contributed by atoms with van der Waals surface area (Å²) in [6.07, 6.45) is -1.03. The highest BCUT2D eigenvalue weighted by Crippen LogP contribution is 2.70. The number of aliphatic hydroxyl groups excluding tert-OH is 2. The Morgan fingerprint density at radius 1 is 0.680 bits per heavy atom. The van der Waals surface area contributed by atoms with Crippen LogP contribution in [0.1, 0.15) is 125 Å². The molecule has 0 bridgehead atoms. The quantitative estimate of drug-likeness (QED) is 0.0971. The topological polar surface area (TPSA) is 226 Å². The van der Waals surface area contributed by atoms with Crippen LogP contribution < -0.4 is 0 Å². The molecule has 420 valence electrons. The van der Waals surface area contributed by atoms with Crippen LogP contribution in [0.25, 0.3) is 6.08 Å². The first kappa shape index (κ1) is 56.9. The van der Waals surface area contributed by atoms with Crippen LogP contribution in [0.2, 0.25) is 0 Å². The fraction of sp³-hybridized carbons (Fsp3) is 0.789. The third-order valence-electron chi connectivity index (χ3n) is 19.1. The molecule has 75 heavy (non-hydrogen) atoms. The molecule has 18 heteroatoms. The number of rotatable bonds is 15. The SMILES string of the molecule is CO[C@H]1C[C@H](O[C@H]2CC[C@@]3(C)C(=CC[C@]4(O)[C@@H]3C[C@@H](OC(=O)C=Cc3ccccc3)[C@]3(C)[C@H](C(C)=O)CC[C@@]34O)C2)O[C@H](C)[C@H]1O[C@H]1C[C@H](OC)[C@H](O[C@H]2C[C@H](O)[C@H](O[C@H]3C[C@@H](OC)[C@H](O)[C@@H](C)O3)[C@@H](C)O2)[C@@H](C)O1. The predicted molar refractivity (Wildman–Crippen MR) is 269 cm³/mol. The van der Waals surface area contributed by atoms with Crippen molar-refractivity contribution >= 4 is 17.8 Å². The van der Waals surface area contributed by atoms with Crippen molar-refractivity contribution in [2.75, 3.05) is 21.3 Å². The van der Waals surface area contributed by atoms with Crippen molar-refractivity contribution in [3.63, 3.8) is 0 Å². The smallest absolute Gasteiger partial charge is 0.331 e. The average Bonchev–Trinajstić information content (AvgIpc) is 3.79. The molecule has 4 saturated heterocycles. The lowest BCUT2D eigenvalue weighted by Crippen LogP contribution is -2.75. The zero-order chi connectivity index (χ0) is 53.8. The van der Waals surface area contributed by atoms with Gasteiger partial charge in [0.05, 0.1) is 54.9 Å². The van der Waals surface area contributed by atoms with Crippen LogP contribution in [0.15, 0.2) is 48.1 Å². The highest BCUT2D eigenvalue weighted by atomic mass is 16.8. The van der Waals surface area contributed by atoms with Gasteiger partial charge in [-0.2, -0.15) is 0 Å². The number of methoxy groups -OCH3 is 3. The average molecular weight is 1060 g/mol. The number of hydrogen-bond donors (Lipinski definition) is 4. The van der Waals surface area contributed by atoms with Gasteiger partial charge < -0.3 is 77.3 Å². The van der Waals surface area contributed by atoms with Crippen molar-refractivity contribution in [1.29, 1.82) is 0 Å². The van der Waals surface area contributed by atoms with Gasteiger partial charge in [0.15, 0.2) is 25.2 Å². The van der Waals surface area contributed by atoms with Crippen molar-refractivity contribution in [3.8, 4) is 0 Å². The lowest BCUT2D eigenvalue weighted by Gasteiger charge is -2.66. The van der Waals surface area contributed by atoms with Gasteiger partial charge in [-0.1, -0.05) is 55.8 Å². The number of carbonyl (C=O) groups is 2. The number of ether oxygens (including phenoxy) is 12. The molecule has 8 aliphatic rings. The highest BCUT2D eigenvalue weighted by molar-refractivity contribution is 5.87. The van der Waals surface area contributed by atoms with Gasteiger partial charge in [0, 0.05) is 70.3 Å². The maximum absolute atomic E-state index is 13.6. The van der Waals surface area contributed by atoms with Gasteiger partial charge in [0.2, 0.25) is 0 Å². The standard InChI is InChI=1S/C57H84O18/c1-30(58)38-20-23-57(63)55(38,7)44(72-45(60)17-16-35-14-12-11-13-15-35)29-43-54(6)21-19-37(24-36(54)18-22-56(43,57)62)71-47-27-41(65-9)53(33(4)69-47)75-49-28-42(66-10)52(34(5)70-49)74-46-25-39(59)51(32(3)68-46)73-48-26-40(64-8)50(61)31(2)67-48/h11-18,31-34,37-44,46-53,59,61-63H,19-29H2,1-10H3/t31-,32-,33-,34-,37+,38+,39+,40-,41+,42+,43-,44-,46+,47+,48+,49+,50-,51-,52-,53-,54+,55+,56+,57-/m1/s1. The van der Waals surface area contributed by atoms with Gasteiger partial charge in [0.1, 0.15) is 47.5 Å². The van der Waals surface area contributed by atoms with E-state index in [4.69, 9.17) is 56.8 Å². The van der Waals surface area contributed by atoms with Gasteiger partial charge in [-0.25, -0.2) is 4.79 Å². The van der Waals surface area contributed by atoms with Crippen molar-refractivity contribution in [2.24, 2.45) is 22.7 Å². The second kappa shape index (κ2) is 22.8. The molecule has 4 heterocycles. The number of esters is 1. The molecule has 0 spiro atoms. The minimum atomic E-state index is -1.69. The number of fused-ring (bicyclic) bond motifs is 5. The van der Waals surface area contributed by atoms with E-state index in [1.54, 1.807) is 27.2 Å². The summed E-state index contributed by atoms with van der Waals surface area (Å²) >= 11 is 0. The van der Waals surface area contributed by atoms with Crippen LogP contribution in [0.4, 0.5) is 0 Å². The fourth-order valence-corrected chi connectivity index (χ4v) is 14.8. The minimum absolute atomic E-state index is 0.0903. The first-order valence-electron chi connectivity index (χ1n) is 27.4. The summed E-state index contributed by atoms with van der Waals surface area (Å²) in [6.45, 7) is 12.9. The van der Waals surface area contributed by atoms with E-state index >= 15 is 0 Å². The third kappa shape index (κ3) is 10.8. The summed E-state index contributed by atoms with van der Waals surface area (Å²) in [5.74, 6) is -1.70. The number of ketones is 1. The molecule has 4 aliphatic carbocycles. The highest BCUT2D eigenvalue weighted by Gasteiger charge is 2.77. The number of hydrogen-bond acceptors (Lipinski definition) is 18. The molecule has 1 aromatic rings. The maximum Gasteiger partial charge on any atom is 0.331 e. The largest absolute Gasteiger partial charge is 0.458 e. The molecule has 0 aromatic heterocycles. The molecule has 9 rings (SSSR count). The fourth-order valence-electron chi connectivity index (χ4n) is 14.8.